The summed E-state index contributed by atoms with van der Waals surface area (Å²) in [6.45, 7) is 8.05. The molecule has 0 saturated carbocycles. The van der Waals surface area contributed by atoms with Gasteiger partial charge in [0, 0.05) is 29.4 Å². The fourth-order valence-corrected chi connectivity index (χ4v) is 4.00. The van der Waals surface area contributed by atoms with Crippen LogP contribution in [-0.4, -0.2) is 22.2 Å². The molecule has 1 N–H and O–H groups in total. The topological polar surface area (TPSA) is 81.4 Å². The molecule has 1 aliphatic heterocycles. The number of hydrogen-bond donors (Lipinski definition) is 1. The van der Waals surface area contributed by atoms with E-state index in [1.807, 2.05) is 33.8 Å². The van der Waals surface area contributed by atoms with E-state index >= 15 is 0 Å². The molecule has 1 aromatic carbocycles. The van der Waals surface area contributed by atoms with Gasteiger partial charge in [-0.25, -0.2) is 0 Å². The lowest BCUT2D eigenvalue weighted by molar-refractivity contribution is -0.115. The molecule has 3 heterocycles. The van der Waals surface area contributed by atoms with Crippen LogP contribution in [0.25, 0.3) is 28.2 Å². The number of furan rings is 1. The van der Waals surface area contributed by atoms with E-state index in [1.165, 1.54) is 0 Å². The Balaban J connectivity index is 1.78. The molecule has 2 amide bonds. The minimum absolute atomic E-state index is 0.0987. The van der Waals surface area contributed by atoms with Crippen LogP contribution in [0.2, 0.25) is 0 Å². The van der Waals surface area contributed by atoms with Gasteiger partial charge in [-0.3, -0.25) is 19.9 Å². The van der Waals surface area contributed by atoms with Crippen LogP contribution in [0.15, 0.2) is 39.9 Å². The van der Waals surface area contributed by atoms with E-state index in [1.54, 1.807) is 18.5 Å². The number of fused-ring (bicyclic) bond motifs is 1. The first kappa shape index (κ1) is 19.3. The highest BCUT2D eigenvalue weighted by Crippen LogP contribution is 2.36. The maximum absolute atomic E-state index is 11.8. The fraction of sp³-hybridized carbons (Fsp3) is 0.227. The number of benzene rings is 1. The summed E-state index contributed by atoms with van der Waals surface area (Å²) in [7, 11) is 0. The average molecular weight is 408 g/mol. The largest absolute Gasteiger partial charge is 0.490 e. The van der Waals surface area contributed by atoms with E-state index < -0.39 is 5.91 Å². The maximum Gasteiger partial charge on any atom is 0.290 e. The second-order valence-electron chi connectivity index (χ2n) is 7.21. The summed E-state index contributed by atoms with van der Waals surface area (Å²) in [5, 5.41) is 2.68. The zero-order chi connectivity index (χ0) is 20.7. The van der Waals surface area contributed by atoms with Crippen LogP contribution in [0.3, 0.4) is 0 Å². The molecule has 148 valence electrons. The number of imide groups is 1. The molecule has 29 heavy (non-hydrogen) atoms. The first-order valence-electron chi connectivity index (χ1n) is 9.22. The third-order valence-corrected chi connectivity index (χ3v) is 5.29. The summed E-state index contributed by atoms with van der Waals surface area (Å²) in [6, 6.07) is 5.92. The highest BCUT2D eigenvalue weighted by atomic mass is 32.2. The van der Waals surface area contributed by atoms with Gasteiger partial charge in [0.1, 0.15) is 17.1 Å². The molecule has 0 bridgehead atoms. The summed E-state index contributed by atoms with van der Waals surface area (Å²) in [4.78, 5) is 27.8. The number of pyridine rings is 1. The summed E-state index contributed by atoms with van der Waals surface area (Å²) in [6.07, 6.45) is 5.15. The van der Waals surface area contributed by atoms with Gasteiger partial charge in [-0.1, -0.05) is 0 Å². The van der Waals surface area contributed by atoms with Crippen LogP contribution in [-0.2, 0) is 4.79 Å². The normalized spacial score (nSPS) is 15.6. The maximum atomic E-state index is 11.8. The van der Waals surface area contributed by atoms with Crippen molar-refractivity contribution in [2.45, 2.75) is 33.8 Å². The van der Waals surface area contributed by atoms with Gasteiger partial charge in [0.25, 0.3) is 11.1 Å². The van der Waals surface area contributed by atoms with Gasteiger partial charge in [0.15, 0.2) is 0 Å². The van der Waals surface area contributed by atoms with Gasteiger partial charge in [-0.2, -0.15) is 0 Å². The van der Waals surface area contributed by atoms with Gasteiger partial charge < -0.3 is 9.15 Å². The SMILES string of the molecule is Cc1cc(-c2cncc3cc(C=C4SC(=O)NC4=O)oc23)cc(C)c1OC(C)C. The number of rotatable bonds is 4. The quantitative estimate of drug-likeness (QED) is 0.596. The number of thioether (sulfide) groups is 1. The lowest BCUT2D eigenvalue weighted by Crippen LogP contribution is -2.17. The Kier molecular flexibility index (Phi) is 4.92. The predicted octanol–water partition coefficient (Wildman–Crippen LogP) is 5.22. The molecule has 1 fully saturated rings. The van der Waals surface area contributed by atoms with Crippen LogP contribution in [0.5, 0.6) is 5.75 Å². The third kappa shape index (κ3) is 3.78. The van der Waals surface area contributed by atoms with Crippen molar-refractivity contribution in [3.63, 3.8) is 0 Å². The number of hydrogen-bond acceptors (Lipinski definition) is 6. The Morgan fingerprint density at radius 1 is 1.14 bits per heavy atom. The molecule has 0 radical (unpaired) electrons. The van der Waals surface area contributed by atoms with E-state index in [0.717, 1.165) is 45.2 Å². The van der Waals surface area contributed by atoms with E-state index in [-0.39, 0.29) is 11.3 Å². The van der Waals surface area contributed by atoms with Crippen molar-refractivity contribution in [2.75, 3.05) is 0 Å². The molecule has 2 aromatic heterocycles. The van der Waals surface area contributed by atoms with Crippen molar-refractivity contribution in [1.82, 2.24) is 10.3 Å². The van der Waals surface area contributed by atoms with Crippen molar-refractivity contribution in [3.05, 3.63) is 52.4 Å². The first-order valence-corrected chi connectivity index (χ1v) is 10.0. The van der Waals surface area contributed by atoms with Gasteiger partial charge >= 0.3 is 0 Å². The third-order valence-electron chi connectivity index (χ3n) is 4.48. The Bertz CT molecular complexity index is 1150. The highest BCUT2D eigenvalue weighted by Gasteiger charge is 2.25. The van der Waals surface area contributed by atoms with E-state index in [2.05, 4.69) is 22.4 Å². The Morgan fingerprint density at radius 3 is 2.48 bits per heavy atom. The fourth-order valence-electron chi connectivity index (χ4n) is 3.34. The Labute approximate surface area is 172 Å². The summed E-state index contributed by atoms with van der Waals surface area (Å²) >= 11 is 0.861. The second kappa shape index (κ2) is 7.40. The number of ether oxygens (including phenoxy) is 1. The average Bonchev–Trinajstić information content (AvgIpc) is 3.19. The smallest absolute Gasteiger partial charge is 0.290 e. The summed E-state index contributed by atoms with van der Waals surface area (Å²) in [5.74, 6) is 0.975. The molecule has 0 atom stereocenters. The van der Waals surface area contributed by atoms with E-state index in [4.69, 9.17) is 9.15 Å². The molecule has 3 aromatic rings. The molecular formula is C22H20N2O4S. The van der Waals surface area contributed by atoms with Gasteiger partial charge in [0.05, 0.1) is 11.0 Å². The van der Waals surface area contributed by atoms with Crippen LogP contribution < -0.4 is 10.1 Å². The van der Waals surface area contributed by atoms with Crippen LogP contribution in [0.1, 0.15) is 30.7 Å². The molecule has 0 unspecified atom stereocenters. The number of aryl methyl sites for hydroxylation is 2. The minimum Gasteiger partial charge on any atom is -0.490 e. The second-order valence-corrected chi connectivity index (χ2v) is 8.23. The molecular weight excluding hydrogens is 388 g/mol. The van der Waals surface area contributed by atoms with Crippen LogP contribution >= 0.6 is 11.8 Å². The number of amides is 2. The van der Waals surface area contributed by atoms with E-state index in [9.17, 15) is 9.59 Å². The standard InChI is InChI=1S/C22H20N2O4S/c1-11(2)27-19-12(3)5-14(6-13(19)4)17-10-23-9-15-7-16(28-20(15)17)8-18-21(25)24-22(26)29-18/h5-11H,1-4H3,(H,24,25,26). The molecule has 1 aliphatic rings. The minimum atomic E-state index is -0.411. The zero-order valence-electron chi connectivity index (χ0n) is 16.5. The van der Waals surface area contributed by atoms with E-state index in [0.29, 0.717) is 16.2 Å². The van der Waals surface area contributed by atoms with Crippen molar-refractivity contribution in [2.24, 2.45) is 0 Å². The molecule has 4 rings (SSSR count). The molecule has 1 saturated heterocycles. The predicted molar refractivity (Wildman–Crippen MR) is 114 cm³/mol. The summed E-state index contributed by atoms with van der Waals surface area (Å²) < 4.78 is 12.0. The van der Waals surface area contributed by atoms with Gasteiger partial charge in [0.2, 0.25) is 0 Å². The number of nitrogens with zero attached hydrogens (tertiary/aromatic N) is 1. The molecule has 7 heteroatoms. The number of aromatic nitrogens is 1. The molecule has 6 nitrogen and oxygen atoms in total. The van der Waals surface area contributed by atoms with Crippen LogP contribution in [0, 0.1) is 13.8 Å². The summed E-state index contributed by atoms with van der Waals surface area (Å²) in [5.41, 5.74) is 4.59. The number of nitrogens with one attached hydrogen (secondary N) is 1. The van der Waals surface area contributed by atoms with Crippen molar-refractivity contribution in [3.8, 4) is 16.9 Å². The van der Waals surface area contributed by atoms with Gasteiger partial charge in [-0.15, -0.1) is 0 Å². The highest BCUT2D eigenvalue weighted by molar-refractivity contribution is 8.18. The van der Waals surface area contributed by atoms with Crippen molar-refractivity contribution >= 4 is 40.0 Å². The van der Waals surface area contributed by atoms with Gasteiger partial charge in [-0.05, 0) is 74.3 Å². The monoisotopic (exact) mass is 408 g/mol. The lowest BCUT2D eigenvalue weighted by Gasteiger charge is -2.16. The zero-order valence-corrected chi connectivity index (χ0v) is 17.3. The number of carbonyl (C=O) groups is 2. The molecule has 0 aliphatic carbocycles. The lowest BCUT2D eigenvalue weighted by atomic mass is 10.00. The Hall–Kier alpha value is -3.06. The Morgan fingerprint density at radius 2 is 1.86 bits per heavy atom. The molecule has 0 spiro atoms. The number of carbonyl (C=O) groups excluding carboxylic acids is 2. The first-order chi connectivity index (χ1) is 13.8. The van der Waals surface area contributed by atoms with Crippen molar-refractivity contribution < 1.29 is 18.7 Å². The van der Waals surface area contributed by atoms with Crippen molar-refractivity contribution in [1.29, 1.82) is 0 Å². The van der Waals surface area contributed by atoms with Crippen LogP contribution in [0.4, 0.5) is 4.79 Å².